The Bertz CT molecular complexity index is 467. The Balaban J connectivity index is 3.03. The highest BCUT2D eigenvalue weighted by Crippen LogP contribution is 2.32. The van der Waals surface area contributed by atoms with Crippen molar-refractivity contribution >= 4 is 32.4 Å². The minimum absolute atomic E-state index is 0.0581. The predicted molar refractivity (Wildman–Crippen MR) is 70.8 cm³/mol. The third kappa shape index (κ3) is 3.08. The maximum atomic E-state index is 12.0. The quantitative estimate of drug-likeness (QED) is 0.763. The predicted octanol–water partition coefficient (Wildman–Crippen LogP) is 1.19. The molecule has 0 radical (unpaired) electrons. The number of hydrogen-bond donors (Lipinski definition) is 2. The summed E-state index contributed by atoms with van der Waals surface area (Å²) in [6, 6.07) is 0. The second-order valence-electron chi connectivity index (χ2n) is 3.79. The van der Waals surface area contributed by atoms with E-state index >= 15 is 0 Å². The fraction of sp³-hybridized carbons (Fsp3) is 0.667. The largest absolute Gasteiger partial charge is 0.382 e. The molecule has 1 heterocycles. The van der Waals surface area contributed by atoms with Crippen molar-refractivity contribution in [1.82, 2.24) is 8.68 Å². The van der Waals surface area contributed by atoms with Gasteiger partial charge in [0.05, 0.1) is 0 Å². The molecule has 3 N–H and O–H groups in total. The fourth-order valence-electron chi connectivity index (χ4n) is 1.22. The van der Waals surface area contributed by atoms with Crippen molar-refractivity contribution in [2.45, 2.75) is 24.7 Å². The summed E-state index contributed by atoms with van der Waals surface area (Å²) in [4.78, 5) is 0.0867. The van der Waals surface area contributed by atoms with Crippen molar-refractivity contribution in [1.29, 1.82) is 0 Å². The zero-order chi connectivity index (χ0) is 13.1. The normalized spacial score (nSPS) is 12.0. The number of nitrogens with zero attached hydrogens (tertiary/aromatic N) is 2. The Morgan fingerprint density at radius 2 is 2.12 bits per heavy atom. The third-order valence-electron chi connectivity index (χ3n) is 2.23. The van der Waals surface area contributed by atoms with Crippen LogP contribution in [-0.4, -0.2) is 37.7 Å². The summed E-state index contributed by atoms with van der Waals surface area (Å²) in [6.45, 7) is 2.79. The van der Waals surface area contributed by atoms with Crippen LogP contribution >= 0.6 is 11.5 Å². The third-order valence-corrected chi connectivity index (χ3v) is 5.07. The van der Waals surface area contributed by atoms with Crippen molar-refractivity contribution in [3.05, 3.63) is 0 Å². The minimum Gasteiger partial charge on any atom is -0.382 e. The van der Waals surface area contributed by atoms with Crippen molar-refractivity contribution < 1.29 is 8.42 Å². The topological polar surface area (TPSA) is 88.3 Å². The maximum absolute atomic E-state index is 12.0. The number of unbranched alkanes of at least 4 members (excludes halogenated alkanes) is 1. The molecule has 0 atom stereocenters. The summed E-state index contributed by atoms with van der Waals surface area (Å²) in [5.74, 6) is 0.0581. The molecular weight excluding hydrogens is 260 g/mol. The summed E-state index contributed by atoms with van der Waals surface area (Å²) in [5.41, 5.74) is 5.62. The Morgan fingerprint density at radius 3 is 2.65 bits per heavy atom. The van der Waals surface area contributed by atoms with Gasteiger partial charge in [-0.2, -0.15) is 4.37 Å². The molecule has 0 spiro atoms. The van der Waals surface area contributed by atoms with Gasteiger partial charge in [0.1, 0.15) is 5.00 Å². The first-order valence-corrected chi connectivity index (χ1v) is 7.54. The van der Waals surface area contributed by atoms with Gasteiger partial charge in [-0.05, 0) is 18.0 Å². The summed E-state index contributed by atoms with van der Waals surface area (Å²) in [6.07, 6.45) is 2.01. The zero-order valence-corrected chi connectivity index (χ0v) is 11.9. The van der Waals surface area contributed by atoms with Crippen LogP contribution in [0, 0.1) is 0 Å². The van der Waals surface area contributed by atoms with Crippen molar-refractivity contribution in [3.63, 3.8) is 0 Å². The number of nitrogens with two attached hydrogens (primary N) is 1. The van der Waals surface area contributed by atoms with Crippen LogP contribution in [-0.2, 0) is 10.0 Å². The van der Waals surface area contributed by atoms with E-state index in [0.717, 1.165) is 28.7 Å². The average Bonchev–Trinajstić information content (AvgIpc) is 2.60. The van der Waals surface area contributed by atoms with Crippen LogP contribution < -0.4 is 11.1 Å². The van der Waals surface area contributed by atoms with E-state index in [1.165, 1.54) is 14.1 Å². The molecule has 6 nitrogen and oxygen atoms in total. The molecule has 0 saturated heterocycles. The van der Waals surface area contributed by atoms with E-state index in [1.54, 1.807) is 0 Å². The highest BCUT2D eigenvalue weighted by molar-refractivity contribution is 7.89. The molecule has 0 aliphatic carbocycles. The van der Waals surface area contributed by atoms with Gasteiger partial charge in [0, 0.05) is 20.6 Å². The first-order valence-electron chi connectivity index (χ1n) is 5.32. The number of sulfonamides is 1. The first-order chi connectivity index (χ1) is 7.91. The molecule has 1 aromatic heterocycles. The number of hydrogen-bond acceptors (Lipinski definition) is 6. The Morgan fingerprint density at radius 1 is 1.47 bits per heavy atom. The second kappa shape index (κ2) is 5.65. The molecule has 0 aromatic carbocycles. The van der Waals surface area contributed by atoms with Gasteiger partial charge in [0.15, 0.2) is 10.7 Å². The minimum atomic E-state index is -3.54. The van der Waals surface area contributed by atoms with Gasteiger partial charge < -0.3 is 11.1 Å². The molecule has 1 aromatic rings. The van der Waals surface area contributed by atoms with Gasteiger partial charge in [0.25, 0.3) is 0 Å². The first kappa shape index (κ1) is 14.2. The van der Waals surface area contributed by atoms with Crippen LogP contribution in [0.4, 0.5) is 10.8 Å². The van der Waals surface area contributed by atoms with E-state index < -0.39 is 10.0 Å². The molecule has 0 aliphatic rings. The molecule has 0 fully saturated rings. The molecule has 1 rings (SSSR count). The van der Waals surface area contributed by atoms with Gasteiger partial charge in [-0.25, -0.2) is 12.7 Å². The molecule has 0 amide bonds. The van der Waals surface area contributed by atoms with Gasteiger partial charge in [-0.3, -0.25) is 0 Å². The smallest absolute Gasteiger partial charge is 0.249 e. The summed E-state index contributed by atoms with van der Waals surface area (Å²) in [7, 11) is -0.589. The van der Waals surface area contributed by atoms with Crippen molar-refractivity contribution in [2.24, 2.45) is 0 Å². The molecule has 98 valence electrons. The number of nitrogens with one attached hydrogen (secondary N) is 1. The number of rotatable bonds is 6. The van der Waals surface area contributed by atoms with Gasteiger partial charge >= 0.3 is 0 Å². The maximum Gasteiger partial charge on any atom is 0.249 e. The molecule has 8 heteroatoms. The summed E-state index contributed by atoms with van der Waals surface area (Å²) in [5, 5.41) is 3.58. The van der Waals surface area contributed by atoms with Crippen LogP contribution in [0.1, 0.15) is 19.8 Å². The zero-order valence-electron chi connectivity index (χ0n) is 10.2. The number of aromatic nitrogens is 1. The summed E-state index contributed by atoms with van der Waals surface area (Å²) >= 11 is 1.08. The van der Waals surface area contributed by atoms with Crippen LogP contribution in [0.2, 0.25) is 0 Å². The van der Waals surface area contributed by atoms with E-state index in [4.69, 9.17) is 5.73 Å². The van der Waals surface area contributed by atoms with Crippen LogP contribution in [0.25, 0.3) is 0 Å². The van der Waals surface area contributed by atoms with Gasteiger partial charge in [-0.15, -0.1) is 0 Å². The molecule has 0 saturated carbocycles. The monoisotopic (exact) mass is 278 g/mol. The highest BCUT2D eigenvalue weighted by Gasteiger charge is 2.27. The lowest BCUT2D eigenvalue weighted by atomic mass is 10.3. The highest BCUT2D eigenvalue weighted by atomic mass is 32.2. The van der Waals surface area contributed by atoms with E-state index in [1.807, 2.05) is 0 Å². The molecule has 0 aliphatic heterocycles. The second-order valence-corrected chi connectivity index (χ2v) is 6.66. The lowest BCUT2D eigenvalue weighted by Crippen LogP contribution is -2.23. The molecule has 0 unspecified atom stereocenters. The van der Waals surface area contributed by atoms with Crippen LogP contribution in [0.15, 0.2) is 4.90 Å². The lowest BCUT2D eigenvalue weighted by Gasteiger charge is -2.12. The molecular formula is C9H18N4O2S2. The SMILES string of the molecule is CCCCNc1snc(N)c1S(=O)(=O)N(C)C. The standard InChI is InChI=1S/C9H18N4O2S2/c1-4-5-6-11-9-7(8(10)12-16-9)17(14,15)13(2)3/h11H,4-6H2,1-3H3,(H2,10,12). The van der Waals surface area contributed by atoms with Crippen LogP contribution in [0.3, 0.4) is 0 Å². The van der Waals surface area contributed by atoms with Gasteiger partial charge in [-0.1, -0.05) is 13.3 Å². The van der Waals surface area contributed by atoms with Gasteiger partial charge in [0.2, 0.25) is 10.0 Å². The fourth-order valence-corrected chi connectivity index (χ4v) is 3.32. The van der Waals surface area contributed by atoms with E-state index in [-0.39, 0.29) is 10.7 Å². The Labute approximate surface area is 106 Å². The summed E-state index contributed by atoms with van der Waals surface area (Å²) < 4.78 is 29.1. The van der Waals surface area contributed by atoms with Crippen molar-refractivity contribution in [3.8, 4) is 0 Å². The molecule has 0 bridgehead atoms. The van der Waals surface area contributed by atoms with Crippen LogP contribution in [0.5, 0.6) is 0 Å². The Hall–Kier alpha value is -0.860. The Kier molecular flexibility index (Phi) is 4.72. The van der Waals surface area contributed by atoms with E-state index in [2.05, 4.69) is 16.6 Å². The number of nitrogen functional groups attached to an aromatic ring is 1. The van der Waals surface area contributed by atoms with Crippen molar-refractivity contribution in [2.75, 3.05) is 31.7 Å². The molecule has 17 heavy (non-hydrogen) atoms. The van der Waals surface area contributed by atoms with E-state index in [9.17, 15) is 8.42 Å². The van der Waals surface area contributed by atoms with E-state index in [0.29, 0.717) is 11.5 Å². The average molecular weight is 278 g/mol. The number of anilines is 2. The lowest BCUT2D eigenvalue weighted by molar-refractivity contribution is 0.521.